The molecule has 0 radical (unpaired) electrons. The molecule has 2 fully saturated rings. The number of unbranched alkanes of at least 4 members (excludes halogenated alkanes) is 1. The number of anilines is 1. The number of aliphatic carboxylic acids is 1. The second kappa shape index (κ2) is 12.8. The predicted octanol–water partition coefficient (Wildman–Crippen LogP) is 5.59. The molecular weight excluding hydrogens is 472 g/mol. The fraction of sp³-hybridized carbons (Fsp3) is 0.414. The highest BCUT2D eigenvalue weighted by Gasteiger charge is 2.47. The number of benzene rings is 2. The third-order valence-corrected chi connectivity index (χ3v) is 7.30. The van der Waals surface area contributed by atoms with Crippen LogP contribution in [0.5, 0.6) is 0 Å². The van der Waals surface area contributed by atoms with Gasteiger partial charge in [-0.05, 0) is 61.3 Å². The Bertz CT molecular complexity index is 1070. The van der Waals surface area contributed by atoms with Crippen LogP contribution < -0.4 is 10.6 Å². The maximum Gasteiger partial charge on any atom is 0.303 e. The molecule has 0 aromatic heterocycles. The maximum absolute atomic E-state index is 12.6. The second-order valence-electron chi connectivity index (χ2n) is 9.58. The van der Waals surface area contributed by atoms with Gasteiger partial charge in [0, 0.05) is 24.6 Å². The Labute approximate surface area is 218 Å². The van der Waals surface area contributed by atoms with Crippen LogP contribution >= 0.6 is 12.2 Å². The van der Waals surface area contributed by atoms with E-state index in [1.807, 2.05) is 42.5 Å². The van der Waals surface area contributed by atoms with Gasteiger partial charge < -0.3 is 20.5 Å². The summed E-state index contributed by atoms with van der Waals surface area (Å²) in [6, 6.07) is 18.2. The van der Waals surface area contributed by atoms with Crippen LogP contribution in [0.2, 0.25) is 0 Å². The van der Waals surface area contributed by atoms with E-state index in [-0.39, 0.29) is 31.0 Å². The molecule has 36 heavy (non-hydrogen) atoms. The number of carboxylic acid groups (broad SMARTS) is 1. The van der Waals surface area contributed by atoms with Crippen molar-refractivity contribution >= 4 is 34.8 Å². The van der Waals surface area contributed by atoms with Gasteiger partial charge in [-0.25, -0.2) is 0 Å². The first-order valence-corrected chi connectivity index (χ1v) is 13.1. The van der Waals surface area contributed by atoms with Crippen molar-refractivity contribution in [3.8, 4) is 11.1 Å². The van der Waals surface area contributed by atoms with E-state index >= 15 is 0 Å². The fourth-order valence-electron chi connectivity index (χ4n) is 5.24. The number of carbonyl (C=O) groups excluding carboxylic acids is 1. The summed E-state index contributed by atoms with van der Waals surface area (Å²) in [4.78, 5) is 23.7. The molecule has 2 aromatic rings. The normalized spacial score (nSPS) is 22.6. The molecule has 2 aliphatic rings. The zero-order chi connectivity index (χ0) is 25.3. The summed E-state index contributed by atoms with van der Waals surface area (Å²) in [5.41, 5.74) is 3.15. The summed E-state index contributed by atoms with van der Waals surface area (Å²) in [6.07, 6.45) is 9.46. The Hall–Kier alpha value is -3.03. The van der Waals surface area contributed by atoms with Crippen molar-refractivity contribution < 1.29 is 19.4 Å². The molecule has 4 rings (SSSR count). The lowest BCUT2D eigenvalue weighted by molar-refractivity contribution is -0.137. The summed E-state index contributed by atoms with van der Waals surface area (Å²) in [5, 5.41) is 15.0. The molecule has 0 saturated carbocycles. The van der Waals surface area contributed by atoms with Crippen molar-refractivity contribution in [2.75, 3.05) is 11.9 Å². The van der Waals surface area contributed by atoms with Crippen LogP contribution in [-0.4, -0.2) is 40.7 Å². The van der Waals surface area contributed by atoms with Gasteiger partial charge in [0.05, 0.1) is 23.6 Å². The standard InChI is InChI=1S/C29H34N2O4S/c32-27(18-28(36)31-22-14-12-21(13-15-22)20-8-4-3-5-9-20)30-19-24-23(25-16-17-26(24)35-25)10-6-1-2-7-11-29(33)34/h1,3-6,8-9,12-15,23-26H,2,7,10-11,16-19H2,(H,30,32)(H,31,36)(H,33,34)/b6-1-/t23-,24+,25-,26+/m1/s1. The number of fused-ring (bicyclic) bond motifs is 2. The first kappa shape index (κ1) is 26.0. The van der Waals surface area contributed by atoms with Crippen LogP contribution in [0.3, 0.4) is 0 Å². The van der Waals surface area contributed by atoms with Gasteiger partial charge in [-0.1, -0.05) is 66.8 Å². The number of hydrogen-bond donors (Lipinski definition) is 3. The van der Waals surface area contributed by atoms with E-state index in [0.29, 0.717) is 29.8 Å². The summed E-state index contributed by atoms with van der Waals surface area (Å²) < 4.78 is 6.14. The highest BCUT2D eigenvalue weighted by Crippen LogP contribution is 2.44. The second-order valence-corrected chi connectivity index (χ2v) is 10.1. The van der Waals surface area contributed by atoms with Crippen LogP contribution in [0.1, 0.15) is 44.9 Å². The molecule has 2 heterocycles. The van der Waals surface area contributed by atoms with Crippen LogP contribution in [0, 0.1) is 11.8 Å². The average molecular weight is 507 g/mol. The summed E-state index contributed by atoms with van der Waals surface area (Å²) in [5.74, 6) is -0.160. The average Bonchev–Trinajstić information content (AvgIpc) is 3.47. The van der Waals surface area contributed by atoms with Crippen molar-refractivity contribution in [2.24, 2.45) is 11.8 Å². The van der Waals surface area contributed by atoms with Gasteiger partial charge >= 0.3 is 5.97 Å². The molecule has 0 unspecified atom stereocenters. The van der Waals surface area contributed by atoms with E-state index in [1.165, 1.54) is 0 Å². The van der Waals surface area contributed by atoms with Crippen LogP contribution in [0.4, 0.5) is 5.69 Å². The number of carboxylic acids is 1. The molecule has 2 aliphatic heterocycles. The van der Waals surface area contributed by atoms with Gasteiger partial charge in [-0.3, -0.25) is 9.59 Å². The Morgan fingerprint density at radius 1 is 0.972 bits per heavy atom. The zero-order valence-electron chi connectivity index (χ0n) is 20.4. The molecule has 4 atom stereocenters. The minimum atomic E-state index is -0.753. The minimum Gasteiger partial charge on any atom is -0.481 e. The summed E-state index contributed by atoms with van der Waals surface area (Å²) >= 11 is 5.43. The molecule has 6 nitrogen and oxygen atoms in total. The van der Waals surface area contributed by atoms with Gasteiger partial charge in [-0.2, -0.15) is 0 Å². The lowest BCUT2D eigenvalue weighted by Gasteiger charge is -2.27. The van der Waals surface area contributed by atoms with Crippen LogP contribution in [-0.2, 0) is 14.3 Å². The molecule has 2 bridgehead atoms. The van der Waals surface area contributed by atoms with E-state index in [9.17, 15) is 9.59 Å². The monoisotopic (exact) mass is 506 g/mol. The number of ether oxygens (including phenoxy) is 1. The smallest absolute Gasteiger partial charge is 0.303 e. The van der Waals surface area contributed by atoms with E-state index < -0.39 is 5.97 Å². The number of nitrogens with one attached hydrogen (secondary N) is 2. The fourth-order valence-corrected chi connectivity index (χ4v) is 5.49. The molecule has 0 spiro atoms. The molecule has 3 N–H and O–H groups in total. The van der Waals surface area contributed by atoms with Gasteiger partial charge in [0.15, 0.2) is 0 Å². The van der Waals surface area contributed by atoms with Gasteiger partial charge in [0.25, 0.3) is 0 Å². The van der Waals surface area contributed by atoms with E-state index in [1.54, 1.807) is 0 Å². The third kappa shape index (κ3) is 7.24. The van der Waals surface area contributed by atoms with Crippen molar-refractivity contribution in [3.63, 3.8) is 0 Å². The number of thiocarbonyl (C=S) groups is 1. The Kier molecular flexibility index (Phi) is 9.25. The Balaban J connectivity index is 1.20. The molecule has 2 saturated heterocycles. The largest absolute Gasteiger partial charge is 0.481 e. The number of hydrogen-bond acceptors (Lipinski definition) is 4. The molecule has 2 aromatic carbocycles. The molecule has 0 aliphatic carbocycles. The number of rotatable bonds is 12. The molecule has 7 heteroatoms. The third-order valence-electron chi connectivity index (χ3n) is 7.06. The highest BCUT2D eigenvalue weighted by molar-refractivity contribution is 7.80. The zero-order valence-corrected chi connectivity index (χ0v) is 21.2. The first-order chi connectivity index (χ1) is 17.5. The number of carbonyl (C=O) groups is 2. The van der Waals surface area contributed by atoms with Crippen molar-refractivity contribution in [3.05, 3.63) is 66.7 Å². The van der Waals surface area contributed by atoms with Crippen molar-refractivity contribution in [1.29, 1.82) is 0 Å². The van der Waals surface area contributed by atoms with Gasteiger partial charge in [0.1, 0.15) is 0 Å². The minimum absolute atomic E-state index is 0.0841. The molecule has 190 valence electrons. The predicted molar refractivity (Wildman–Crippen MR) is 146 cm³/mol. The van der Waals surface area contributed by atoms with Gasteiger partial charge in [0.2, 0.25) is 5.91 Å². The maximum atomic E-state index is 12.6. The lowest BCUT2D eigenvalue weighted by atomic mass is 9.77. The number of amides is 1. The topological polar surface area (TPSA) is 87.7 Å². The quantitative estimate of drug-likeness (QED) is 0.198. The van der Waals surface area contributed by atoms with Gasteiger partial charge in [-0.15, -0.1) is 0 Å². The van der Waals surface area contributed by atoms with Crippen molar-refractivity contribution in [1.82, 2.24) is 5.32 Å². The number of allylic oxidation sites excluding steroid dienone is 2. The molecule has 1 amide bonds. The van der Waals surface area contributed by atoms with E-state index in [2.05, 4.69) is 34.9 Å². The Morgan fingerprint density at radius 2 is 1.67 bits per heavy atom. The lowest BCUT2D eigenvalue weighted by Crippen LogP contribution is -2.38. The summed E-state index contributed by atoms with van der Waals surface area (Å²) in [7, 11) is 0. The molecular formula is C29H34N2O4S. The highest BCUT2D eigenvalue weighted by atomic mass is 32.1. The van der Waals surface area contributed by atoms with Crippen LogP contribution in [0.15, 0.2) is 66.7 Å². The SMILES string of the molecule is O=C(O)CCC/C=C\C[C@@H]1[C@H](CNC(=O)CC(=S)Nc2ccc(-c3ccccc3)cc2)[C@@H]2CC[C@H]1O2. The van der Waals surface area contributed by atoms with E-state index in [4.69, 9.17) is 22.1 Å². The first-order valence-electron chi connectivity index (χ1n) is 12.7. The van der Waals surface area contributed by atoms with Crippen molar-refractivity contribution in [2.45, 2.75) is 57.2 Å². The summed E-state index contributed by atoms with van der Waals surface area (Å²) in [6.45, 7) is 0.589. The van der Waals surface area contributed by atoms with E-state index in [0.717, 1.165) is 42.5 Å². The Morgan fingerprint density at radius 3 is 2.39 bits per heavy atom. The van der Waals surface area contributed by atoms with Crippen LogP contribution in [0.25, 0.3) is 11.1 Å².